The van der Waals surface area contributed by atoms with Crippen LogP contribution >= 0.6 is 0 Å². The number of ketones is 1. The van der Waals surface area contributed by atoms with Crippen molar-refractivity contribution >= 4 is 5.78 Å². The van der Waals surface area contributed by atoms with Crippen LogP contribution in [-0.4, -0.2) is 49.6 Å². The number of Topliss-reactive ketones (excluding diaryl/α,β-unsaturated/α-hetero) is 1. The molecule has 0 aromatic heterocycles. The van der Waals surface area contributed by atoms with E-state index in [1.54, 1.807) is 0 Å². The molecule has 3 atom stereocenters. The second kappa shape index (κ2) is 6.87. The molecule has 1 rings (SSSR count). The van der Waals surface area contributed by atoms with Crippen molar-refractivity contribution in [2.24, 2.45) is 11.3 Å². The van der Waals surface area contributed by atoms with Crippen molar-refractivity contribution in [2.75, 3.05) is 0 Å². The predicted molar refractivity (Wildman–Crippen MR) is 62.4 cm³/mol. The van der Waals surface area contributed by atoms with Crippen LogP contribution in [0.3, 0.4) is 0 Å². The van der Waals surface area contributed by atoms with E-state index in [0.29, 0.717) is 12.8 Å². The van der Waals surface area contributed by atoms with Gasteiger partial charge in [0.2, 0.25) is 0 Å². The first-order chi connectivity index (χ1) is 9.09. The Morgan fingerprint density at radius 3 is 1.75 bits per heavy atom. The van der Waals surface area contributed by atoms with E-state index in [1.165, 1.54) is 0 Å². The van der Waals surface area contributed by atoms with Gasteiger partial charge in [0.15, 0.2) is 0 Å². The van der Waals surface area contributed by atoms with Crippen molar-refractivity contribution in [2.45, 2.75) is 52.2 Å². The highest BCUT2D eigenvalue weighted by atomic mass is 17.1. The second-order valence-electron chi connectivity index (χ2n) is 6.01. The molecule has 1 aliphatic rings. The first kappa shape index (κ1) is 17.4. The lowest BCUT2D eigenvalue weighted by atomic mass is 9.85. The van der Waals surface area contributed by atoms with Gasteiger partial charge < -0.3 is 0 Å². The first-order valence-electron chi connectivity index (χ1n) is 6.32. The normalized spacial score (nSPS) is 27.6. The number of carbonyl (C=O) groups is 1. The largest absolute Gasteiger partial charge is 0.299 e. The van der Waals surface area contributed by atoms with E-state index in [-0.39, 0.29) is 18.1 Å². The van der Waals surface area contributed by atoms with Crippen molar-refractivity contribution in [1.29, 1.82) is 0 Å². The monoisotopic (exact) mass is 294 g/mol. The minimum atomic E-state index is -0.801. The van der Waals surface area contributed by atoms with Crippen LogP contribution < -0.4 is 0 Å². The molecular weight excluding hydrogens is 272 g/mol. The van der Waals surface area contributed by atoms with Gasteiger partial charge in [0.1, 0.15) is 18.0 Å². The van der Waals surface area contributed by atoms with E-state index in [0.717, 1.165) is 0 Å². The van der Waals surface area contributed by atoms with Gasteiger partial charge in [0.25, 0.3) is 0 Å². The summed E-state index contributed by atoms with van der Waals surface area (Å²) < 4.78 is 0. The third-order valence-electron chi connectivity index (χ3n) is 3.32. The van der Waals surface area contributed by atoms with Gasteiger partial charge in [-0.3, -0.25) is 25.6 Å². The van der Waals surface area contributed by atoms with E-state index < -0.39 is 28.4 Å². The van der Waals surface area contributed by atoms with Crippen molar-refractivity contribution in [3.05, 3.63) is 0 Å². The molecule has 20 heavy (non-hydrogen) atoms. The average Bonchev–Trinajstić information content (AvgIpc) is 2.57. The quantitative estimate of drug-likeness (QED) is 0.534. The van der Waals surface area contributed by atoms with Crippen molar-refractivity contribution < 1.29 is 35.3 Å². The van der Waals surface area contributed by atoms with Crippen LogP contribution in [-0.2, 0) is 14.5 Å². The average molecular weight is 294 g/mol. The molecule has 0 heterocycles. The Kier molecular flexibility index (Phi) is 5.98. The smallest absolute Gasteiger partial charge is 0.138 e. The fraction of sp³-hybridized carbons (Fsp3) is 0.909. The Bertz CT molecular complexity index is 311. The minimum absolute atomic E-state index is 0.0663. The van der Waals surface area contributed by atoms with Crippen LogP contribution in [0.1, 0.15) is 40.0 Å². The van der Waals surface area contributed by atoms with Gasteiger partial charge in [-0.1, -0.05) is 20.8 Å². The summed E-state index contributed by atoms with van der Waals surface area (Å²) >= 11 is 0. The molecule has 0 aromatic rings. The zero-order valence-corrected chi connectivity index (χ0v) is 11.8. The van der Waals surface area contributed by atoms with Gasteiger partial charge in [-0.05, 0) is 18.8 Å². The van der Waals surface area contributed by atoms with Gasteiger partial charge >= 0.3 is 0 Å². The Balaban J connectivity index is 2.62. The summed E-state index contributed by atoms with van der Waals surface area (Å²) in [6.45, 7) is 5.45. The van der Waals surface area contributed by atoms with Crippen LogP contribution in [0.25, 0.3) is 0 Å². The summed E-state index contributed by atoms with van der Waals surface area (Å²) in [6.07, 6.45) is -0.651. The van der Waals surface area contributed by atoms with Crippen molar-refractivity contribution in [1.82, 2.24) is 10.8 Å². The van der Waals surface area contributed by atoms with Crippen LogP contribution in [0.4, 0.5) is 0 Å². The molecule has 1 saturated carbocycles. The molecular formula is C11H22N2O7. The van der Waals surface area contributed by atoms with Gasteiger partial charge in [-0.25, -0.2) is 9.68 Å². The van der Waals surface area contributed by atoms with E-state index >= 15 is 0 Å². The Morgan fingerprint density at radius 1 is 1.05 bits per heavy atom. The lowest BCUT2D eigenvalue weighted by Gasteiger charge is -2.21. The highest BCUT2D eigenvalue weighted by Crippen LogP contribution is 2.35. The number of hydrogen-bond donors (Lipinski definition) is 4. The molecule has 9 nitrogen and oxygen atoms in total. The molecule has 0 aromatic carbocycles. The molecule has 0 bridgehead atoms. The summed E-state index contributed by atoms with van der Waals surface area (Å²) in [7, 11) is 0. The maximum Gasteiger partial charge on any atom is 0.138 e. The zero-order chi connectivity index (χ0) is 15.5. The Morgan fingerprint density at radius 2 is 1.45 bits per heavy atom. The molecule has 0 radical (unpaired) electrons. The standard InChI is InChI=1S/C11H22N2O7/c1-11(2,3)10(14)6-7-4-8(19-12(15)16)9(5-7)20-13(17)18/h7-9,15-18H,4-6H2,1-3H3/t7-,8-,9+. The maximum atomic E-state index is 12.0. The fourth-order valence-electron chi connectivity index (χ4n) is 2.26. The van der Waals surface area contributed by atoms with Crippen LogP contribution in [0, 0.1) is 11.3 Å². The Hall–Kier alpha value is -0.650. The van der Waals surface area contributed by atoms with Crippen molar-refractivity contribution in [3.8, 4) is 0 Å². The summed E-state index contributed by atoms with van der Waals surface area (Å²) in [5, 5.41) is 33.8. The molecule has 118 valence electrons. The first-order valence-corrected chi connectivity index (χ1v) is 6.32. The Labute approximate surface area is 116 Å². The van der Waals surface area contributed by atoms with E-state index in [9.17, 15) is 4.79 Å². The highest BCUT2D eigenvalue weighted by Gasteiger charge is 2.40. The van der Waals surface area contributed by atoms with E-state index in [4.69, 9.17) is 20.8 Å². The van der Waals surface area contributed by atoms with Crippen LogP contribution in [0.2, 0.25) is 0 Å². The summed E-state index contributed by atoms with van der Waals surface area (Å²) in [6, 6.07) is 0. The summed E-state index contributed by atoms with van der Waals surface area (Å²) in [5.41, 5.74) is -0.463. The fourth-order valence-corrected chi connectivity index (χ4v) is 2.26. The van der Waals surface area contributed by atoms with Gasteiger partial charge in [0, 0.05) is 11.8 Å². The van der Waals surface area contributed by atoms with Crippen LogP contribution in [0.15, 0.2) is 0 Å². The minimum Gasteiger partial charge on any atom is -0.299 e. The molecule has 0 spiro atoms. The lowest BCUT2D eigenvalue weighted by molar-refractivity contribution is -0.535. The number of hydrogen-bond acceptors (Lipinski definition) is 9. The van der Waals surface area contributed by atoms with Crippen molar-refractivity contribution in [3.63, 3.8) is 0 Å². The number of nitrogens with zero attached hydrogens (tertiary/aromatic N) is 2. The SMILES string of the molecule is CC(C)(C)C(=O)C[C@H]1C[C@H](ON(O)O)[C@H](ON(O)O)C1. The van der Waals surface area contributed by atoms with Gasteiger partial charge in [-0.2, -0.15) is 0 Å². The van der Waals surface area contributed by atoms with Gasteiger partial charge in [0.05, 0.1) is 10.8 Å². The molecule has 0 aliphatic heterocycles. The molecule has 0 amide bonds. The van der Waals surface area contributed by atoms with E-state index in [2.05, 4.69) is 9.68 Å². The summed E-state index contributed by atoms with van der Waals surface area (Å²) in [5.74, 6) is -0.0340. The summed E-state index contributed by atoms with van der Waals surface area (Å²) in [4.78, 5) is 21.3. The second-order valence-corrected chi connectivity index (χ2v) is 6.01. The highest BCUT2D eigenvalue weighted by molar-refractivity contribution is 5.83. The number of carbonyl (C=O) groups excluding carboxylic acids is 1. The molecule has 0 unspecified atom stereocenters. The molecule has 0 saturated heterocycles. The topological polar surface area (TPSA) is 123 Å². The zero-order valence-electron chi connectivity index (χ0n) is 11.8. The number of rotatable bonds is 6. The third-order valence-corrected chi connectivity index (χ3v) is 3.32. The predicted octanol–water partition coefficient (Wildman–Crippen LogP) is 1.16. The molecule has 9 heteroatoms. The van der Waals surface area contributed by atoms with E-state index in [1.807, 2.05) is 20.8 Å². The maximum absolute atomic E-state index is 12.0. The molecule has 4 N–H and O–H groups in total. The van der Waals surface area contributed by atoms with Gasteiger partial charge in [-0.15, -0.1) is 0 Å². The lowest BCUT2D eigenvalue weighted by Crippen LogP contribution is -2.35. The molecule has 1 fully saturated rings. The third kappa shape index (κ3) is 5.38. The molecule has 1 aliphatic carbocycles. The van der Waals surface area contributed by atoms with Crippen LogP contribution in [0.5, 0.6) is 0 Å².